The Hall–Kier alpha value is -1.03. The molecule has 0 saturated carbocycles. The van der Waals surface area contributed by atoms with Gasteiger partial charge in [-0.25, -0.2) is 25.9 Å². The topological polar surface area (TPSA) is 92.3 Å². The zero-order valence-electron chi connectivity index (χ0n) is 11.5. The molecule has 0 bridgehead atoms. The van der Waals surface area contributed by atoms with Crippen molar-refractivity contribution in [3.63, 3.8) is 0 Å². The number of hydrogen-bond acceptors (Lipinski definition) is 5. The van der Waals surface area contributed by atoms with Gasteiger partial charge >= 0.3 is 0 Å². The summed E-state index contributed by atoms with van der Waals surface area (Å²) in [4.78, 5) is -0.873. The van der Waals surface area contributed by atoms with Gasteiger partial charge in [-0.1, -0.05) is 0 Å². The third-order valence-electron chi connectivity index (χ3n) is 3.24. The molecule has 1 aliphatic heterocycles. The van der Waals surface area contributed by atoms with Crippen molar-refractivity contribution in [1.29, 1.82) is 0 Å². The van der Waals surface area contributed by atoms with Crippen LogP contribution in [-0.2, 0) is 19.9 Å². The number of piperidine rings is 1. The van der Waals surface area contributed by atoms with E-state index >= 15 is 0 Å². The van der Waals surface area contributed by atoms with Crippen molar-refractivity contribution in [3.05, 3.63) is 24.0 Å². The molecule has 1 atom stereocenters. The Bertz CT molecular complexity index is 726. The minimum Gasteiger partial charge on any atom is -0.315 e. The predicted molar refractivity (Wildman–Crippen MR) is 75.7 cm³/mol. The molecule has 21 heavy (non-hydrogen) atoms. The molecule has 0 aromatic heterocycles. The van der Waals surface area contributed by atoms with Gasteiger partial charge < -0.3 is 5.32 Å². The summed E-state index contributed by atoms with van der Waals surface area (Å²) in [6.07, 6.45) is 2.41. The van der Waals surface area contributed by atoms with Gasteiger partial charge in [0.05, 0.1) is 4.90 Å². The smallest absolute Gasteiger partial charge is 0.243 e. The van der Waals surface area contributed by atoms with Gasteiger partial charge in [0.15, 0.2) is 9.84 Å². The first-order valence-electron chi connectivity index (χ1n) is 6.43. The number of benzene rings is 1. The highest BCUT2D eigenvalue weighted by atomic mass is 32.2. The summed E-state index contributed by atoms with van der Waals surface area (Å²) in [6, 6.07) is 2.42. The van der Waals surface area contributed by atoms with Crippen LogP contribution in [-0.4, -0.2) is 42.2 Å². The van der Waals surface area contributed by atoms with Gasteiger partial charge in [0.1, 0.15) is 10.7 Å². The summed E-state index contributed by atoms with van der Waals surface area (Å²) < 4.78 is 63.6. The summed E-state index contributed by atoms with van der Waals surface area (Å²) in [7, 11) is -7.71. The molecule has 118 valence electrons. The molecule has 1 aliphatic rings. The van der Waals surface area contributed by atoms with E-state index in [0.29, 0.717) is 13.0 Å². The van der Waals surface area contributed by atoms with Crippen LogP contribution < -0.4 is 10.0 Å². The van der Waals surface area contributed by atoms with Gasteiger partial charge in [-0.05, 0) is 37.6 Å². The fourth-order valence-electron chi connectivity index (χ4n) is 2.16. The molecule has 0 amide bonds. The van der Waals surface area contributed by atoms with E-state index in [4.69, 9.17) is 0 Å². The van der Waals surface area contributed by atoms with Crippen molar-refractivity contribution in [1.82, 2.24) is 10.0 Å². The monoisotopic (exact) mass is 336 g/mol. The summed E-state index contributed by atoms with van der Waals surface area (Å²) in [6.45, 7) is 1.28. The lowest BCUT2D eigenvalue weighted by Gasteiger charge is -2.23. The van der Waals surface area contributed by atoms with Crippen LogP contribution in [0.1, 0.15) is 12.8 Å². The first-order valence-corrected chi connectivity index (χ1v) is 9.80. The minimum absolute atomic E-state index is 0.231. The standard InChI is InChI=1S/C12H17FN2O4S2/c1-20(16,17)10-4-5-11(13)12(7-10)21(18,19)15-9-3-2-6-14-8-9/h4-5,7,9,14-15H,2-3,6,8H2,1H3. The SMILES string of the molecule is CS(=O)(=O)c1ccc(F)c(S(=O)(=O)NC2CCCNC2)c1. The Balaban J connectivity index is 2.34. The normalized spacial score (nSPS) is 20.4. The highest BCUT2D eigenvalue weighted by Gasteiger charge is 2.25. The molecule has 1 unspecified atom stereocenters. The summed E-state index contributed by atoms with van der Waals surface area (Å²) in [5.74, 6) is -0.973. The zero-order valence-corrected chi connectivity index (χ0v) is 13.1. The quantitative estimate of drug-likeness (QED) is 0.770. The van der Waals surface area contributed by atoms with Gasteiger partial charge in [-0.15, -0.1) is 0 Å². The Morgan fingerprint density at radius 3 is 2.57 bits per heavy atom. The Kier molecular flexibility index (Phi) is 4.66. The summed E-state index contributed by atoms with van der Waals surface area (Å²) in [5, 5.41) is 3.04. The van der Waals surface area contributed by atoms with E-state index in [2.05, 4.69) is 10.0 Å². The van der Waals surface area contributed by atoms with Crippen LogP contribution in [0, 0.1) is 5.82 Å². The van der Waals surface area contributed by atoms with Crippen LogP contribution >= 0.6 is 0 Å². The number of nitrogens with one attached hydrogen (secondary N) is 2. The second-order valence-corrected chi connectivity index (χ2v) is 8.73. The van der Waals surface area contributed by atoms with Crippen molar-refractivity contribution in [2.24, 2.45) is 0 Å². The van der Waals surface area contributed by atoms with Crippen LogP contribution in [0.5, 0.6) is 0 Å². The first-order chi connectivity index (χ1) is 9.70. The molecule has 0 spiro atoms. The first kappa shape index (κ1) is 16.3. The van der Waals surface area contributed by atoms with Gasteiger partial charge in [0.25, 0.3) is 0 Å². The second-order valence-electron chi connectivity index (χ2n) is 5.03. The van der Waals surface area contributed by atoms with Gasteiger partial charge in [0, 0.05) is 18.8 Å². The molecular formula is C12H17FN2O4S2. The van der Waals surface area contributed by atoms with E-state index in [1.165, 1.54) is 0 Å². The molecular weight excluding hydrogens is 319 g/mol. The summed E-state index contributed by atoms with van der Waals surface area (Å²) >= 11 is 0. The van der Waals surface area contributed by atoms with E-state index in [0.717, 1.165) is 37.4 Å². The molecule has 1 saturated heterocycles. The van der Waals surface area contributed by atoms with Gasteiger partial charge in [-0.3, -0.25) is 0 Å². The van der Waals surface area contributed by atoms with E-state index in [-0.39, 0.29) is 10.9 Å². The Morgan fingerprint density at radius 1 is 1.29 bits per heavy atom. The maximum atomic E-state index is 13.8. The van der Waals surface area contributed by atoms with E-state index in [9.17, 15) is 21.2 Å². The average molecular weight is 336 g/mol. The lowest BCUT2D eigenvalue weighted by atomic mass is 10.1. The highest BCUT2D eigenvalue weighted by molar-refractivity contribution is 7.91. The van der Waals surface area contributed by atoms with E-state index in [1.807, 2.05) is 0 Å². The van der Waals surface area contributed by atoms with Crippen molar-refractivity contribution < 1.29 is 21.2 Å². The van der Waals surface area contributed by atoms with Crippen LogP contribution in [0.3, 0.4) is 0 Å². The number of sulfonamides is 1. The van der Waals surface area contributed by atoms with Crippen molar-refractivity contribution in [2.75, 3.05) is 19.3 Å². The lowest BCUT2D eigenvalue weighted by molar-refractivity contribution is 0.427. The fourth-order valence-corrected chi connectivity index (χ4v) is 4.25. The van der Waals surface area contributed by atoms with Crippen LogP contribution in [0.4, 0.5) is 4.39 Å². The third-order valence-corrected chi connectivity index (χ3v) is 5.88. The molecule has 2 N–H and O–H groups in total. The third kappa shape index (κ3) is 4.00. The minimum atomic E-state index is -4.10. The fraction of sp³-hybridized carbons (Fsp3) is 0.500. The number of hydrogen-bond donors (Lipinski definition) is 2. The average Bonchev–Trinajstić information content (AvgIpc) is 2.38. The number of rotatable bonds is 4. The largest absolute Gasteiger partial charge is 0.315 e. The van der Waals surface area contributed by atoms with Crippen molar-refractivity contribution in [3.8, 4) is 0 Å². The molecule has 1 heterocycles. The van der Waals surface area contributed by atoms with Gasteiger partial charge in [0.2, 0.25) is 10.0 Å². The highest BCUT2D eigenvalue weighted by Crippen LogP contribution is 2.20. The van der Waals surface area contributed by atoms with Crippen molar-refractivity contribution in [2.45, 2.75) is 28.7 Å². The molecule has 1 aromatic rings. The van der Waals surface area contributed by atoms with Crippen LogP contribution in [0.15, 0.2) is 28.0 Å². The van der Waals surface area contributed by atoms with E-state index < -0.39 is 30.6 Å². The summed E-state index contributed by atoms with van der Waals surface area (Å²) in [5.41, 5.74) is 0. The number of sulfone groups is 1. The Morgan fingerprint density at radius 2 is 2.00 bits per heavy atom. The molecule has 0 radical (unpaired) electrons. The van der Waals surface area contributed by atoms with Crippen molar-refractivity contribution >= 4 is 19.9 Å². The van der Waals surface area contributed by atoms with Crippen LogP contribution in [0.2, 0.25) is 0 Å². The van der Waals surface area contributed by atoms with Crippen LogP contribution in [0.25, 0.3) is 0 Å². The predicted octanol–water partition coefficient (Wildman–Crippen LogP) is 0.259. The molecule has 9 heteroatoms. The molecule has 1 fully saturated rings. The van der Waals surface area contributed by atoms with E-state index in [1.54, 1.807) is 0 Å². The maximum absolute atomic E-state index is 13.8. The molecule has 2 rings (SSSR count). The Labute approximate surface area is 123 Å². The lowest BCUT2D eigenvalue weighted by Crippen LogP contribution is -2.45. The molecule has 0 aliphatic carbocycles. The molecule has 6 nitrogen and oxygen atoms in total. The second kappa shape index (κ2) is 5.99. The van der Waals surface area contributed by atoms with Gasteiger partial charge in [-0.2, -0.15) is 0 Å². The maximum Gasteiger partial charge on any atom is 0.243 e. The zero-order chi connectivity index (χ0) is 15.7. The number of halogens is 1. The molecule has 1 aromatic carbocycles.